The Morgan fingerprint density at radius 2 is 1.88 bits per heavy atom. The molecule has 2 rings (SSSR count). The molecule has 0 bridgehead atoms. The van der Waals surface area contributed by atoms with E-state index in [0.29, 0.717) is 13.1 Å². The van der Waals surface area contributed by atoms with E-state index in [4.69, 9.17) is 4.74 Å². The summed E-state index contributed by atoms with van der Waals surface area (Å²) in [4.78, 5) is 15.8. The largest absolute Gasteiger partial charge is 0.464 e. The molecule has 0 spiro atoms. The first-order valence-electron chi connectivity index (χ1n) is 7.85. The molecule has 0 radical (unpaired) electrons. The number of esters is 1. The minimum Gasteiger partial charge on any atom is -0.464 e. The number of halogens is 3. The van der Waals surface area contributed by atoms with Crippen LogP contribution < -0.4 is 4.90 Å². The van der Waals surface area contributed by atoms with Crippen molar-refractivity contribution in [2.75, 3.05) is 44.2 Å². The van der Waals surface area contributed by atoms with Gasteiger partial charge in [0.05, 0.1) is 13.2 Å². The van der Waals surface area contributed by atoms with E-state index in [1.54, 1.807) is 0 Å². The topological polar surface area (TPSA) is 32.8 Å². The van der Waals surface area contributed by atoms with E-state index < -0.39 is 24.3 Å². The molecule has 0 amide bonds. The Kier molecular flexibility index (Phi) is 6.66. The Morgan fingerprint density at radius 1 is 1.17 bits per heavy atom. The average Bonchev–Trinajstić information content (AvgIpc) is 2.55. The number of aryl methyl sites for hydroxylation is 1. The Bertz CT molecular complexity index is 595. The van der Waals surface area contributed by atoms with Crippen molar-refractivity contribution in [3.8, 4) is 0 Å². The minimum absolute atomic E-state index is 0.0884. The maximum Gasteiger partial charge on any atom is 0.320 e. The van der Waals surface area contributed by atoms with Crippen LogP contribution in [-0.2, 0) is 9.53 Å². The van der Waals surface area contributed by atoms with Crippen LogP contribution in [0.3, 0.4) is 0 Å². The minimum atomic E-state index is -2.36. The number of hydrogen-bond donors (Lipinski definition) is 0. The molecule has 0 saturated carbocycles. The number of rotatable bonds is 6. The number of anilines is 1. The lowest BCUT2D eigenvalue weighted by Gasteiger charge is -2.35. The van der Waals surface area contributed by atoms with E-state index in [-0.39, 0.29) is 13.2 Å². The number of carbonyl (C=O) groups excluding carboxylic acids is 1. The van der Waals surface area contributed by atoms with E-state index in [0.717, 1.165) is 18.8 Å². The zero-order valence-electron chi connectivity index (χ0n) is 13.6. The monoisotopic (exact) mass is 342 g/mol. The molecule has 0 aliphatic carbocycles. The number of benzene rings is 1. The molecule has 132 valence electrons. The third-order valence-electron chi connectivity index (χ3n) is 3.88. The summed E-state index contributed by atoms with van der Waals surface area (Å²) in [5.41, 5.74) is 2.36. The van der Waals surface area contributed by atoms with E-state index >= 15 is 0 Å². The first-order valence-corrected chi connectivity index (χ1v) is 7.85. The van der Waals surface area contributed by atoms with Crippen LogP contribution in [0.25, 0.3) is 0 Å². The summed E-state index contributed by atoms with van der Waals surface area (Å²) in [5, 5.41) is 0. The standard InChI is InChI=1S/C17H21F3N2O2/c1-13-3-2-4-14(11-13)22-8-6-21(7-9-22)12-16(23)24-10-5-15(18)17(19)20/h2-4,11H,5-10,12H2,1H3. The van der Waals surface area contributed by atoms with Crippen molar-refractivity contribution < 1.29 is 22.7 Å². The van der Waals surface area contributed by atoms with Crippen LogP contribution in [0.1, 0.15) is 12.0 Å². The fraction of sp³-hybridized carbons (Fsp3) is 0.471. The SMILES string of the molecule is Cc1cccc(N2CCN(CC(=O)OCCC(F)=C(F)F)CC2)c1. The molecule has 1 aromatic rings. The van der Waals surface area contributed by atoms with Gasteiger partial charge < -0.3 is 9.64 Å². The van der Waals surface area contributed by atoms with Gasteiger partial charge >= 0.3 is 12.0 Å². The Balaban J connectivity index is 1.71. The molecule has 24 heavy (non-hydrogen) atoms. The molecule has 0 aromatic heterocycles. The first-order chi connectivity index (χ1) is 11.5. The van der Waals surface area contributed by atoms with Gasteiger partial charge in [-0.25, -0.2) is 4.39 Å². The van der Waals surface area contributed by atoms with E-state index in [1.807, 2.05) is 24.0 Å². The molecular weight excluding hydrogens is 321 g/mol. The third-order valence-corrected chi connectivity index (χ3v) is 3.88. The Morgan fingerprint density at radius 3 is 2.50 bits per heavy atom. The van der Waals surface area contributed by atoms with Crippen LogP contribution in [0.2, 0.25) is 0 Å². The molecule has 1 aliphatic rings. The third kappa shape index (κ3) is 5.56. The van der Waals surface area contributed by atoms with E-state index in [2.05, 4.69) is 17.0 Å². The van der Waals surface area contributed by atoms with E-state index in [1.165, 1.54) is 5.56 Å². The van der Waals surface area contributed by atoms with Gasteiger partial charge in [0.15, 0.2) is 5.83 Å². The fourth-order valence-corrected chi connectivity index (χ4v) is 2.57. The molecule has 0 N–H and O–H groups in total. The number of ether oxygens (including phenoxy) is 1. The van der Waals surface area contributed by atoms with Crippen LogP contribution >= 0.6 is 0 Å². The molecule has 1 fully saturated rings. The lowest BCUT2D eigenvalue weighted by molar-refractivity contribution is -0.145. The first kappa shape index (κ1) is 18.3. The van der Waals surface area contributed by atoms with Crippen molar-refractivity contribution in [2.45, 2.75) is 13.3 Å². The number of hydrogen-bond acceptors (Lipinski definition) is 4. The second kappa shape index (κ2) is 8.73. The highest BCUT2D eigenvalue weighted by atomic mass is 19.3. The molecule has 0 unspecified atom stereocenters. The van der Waals surface area contributed by atoms with Crippen molar-refractivity contribution in [3.05, 3.63) is 41.7 Å². The maximum absolute atomic E-state index is 12.6. The highest BCUT2D eigenvalue weighted by Gasteiger charge is 2.20. The molecule has 1 heterocycles. The lowest BCUT2D eigenvalue weighted by Crippen LogP contribution is -2.48. The van der Waals surface area contributed by atoms with Gasteiger partial charge in [0.25, 0.3) is 0 Å². The maximum atomic E-state index is 12.6. The molecular formula is C17H21F3N2O2. The van der Waals surface area contributed by atoms with Gasteiger partial charge in [0, 0.05) is 38.3 Å². The van der Waals surface area contributed by atoms with Crippen LogP contribution in [0.5, 0.6) is 0 Å². The second-order valence-corrected chi connectivity index (χ2v) is 5.74. The van der Waals surface area contributed by atoms with Gasteiger partial charge in [-0.3, -0.25) is 9.69 Å². The summed E-state index contributed by atoms with van der Waals surface area (Å²) in [6.45, 7) is 4.76. The second-order valence-electron chi connectivity index (χ2n) is 5.74. The molecule has 7 heteroatoms. The normalized spacial score (nSPS) is 15.2. The zero-order valence-corrected chi connectivity index (χ0v) is 13.6. The van der Waals surface area contributed by atoms with Crippen LogP contribution in [0, 0.1) is 6.92 Å². The lowest BCUT2D eigenvalue weighted by atomic mass is 10.2. The average molecular weight is 342 g/mol. The summed E-state index contributed by atoms with van der Waals surface area (Å²) < 4.78 is 41.1. The van der Waals surface area contributed by atoms with Gasteiger partial charge in [0.2, 0.25) is 0 Å². The number of carbonyl (C=O) groups is 1. The fourth-order valence-electron chi connectivity index (χ4n) is 2.57. The Labute approximate surface area is 139 Å². The molecule has 0 atom stereocenters. The summed E-state index contributed by atoms with van der Waals surface area (Å²) in [6, 6.07) is 8.24. The summed E-state index contributed by atoms with van der Waals surface area (Å²) in [5.74, 6) is -2.05. The van der Waals surface area contributed by atoms with E-state index in [9.17, 15) is 18.0 Å². The van der Waals surface area contributed by atoms with Crippen molar-refractivity contribution >= 4 is 11.7 Å². The quantitative estimate of drug-likeness (QED) is 0.744. The summed E-state index contributed by atoms with van der Waals surface area (Å²) >= 11 is 0. The van der Waals surface area contributed by atoms with Gasteiger partial charge in [0.1, 0.15) is 0 Å². The van der Waals surface area contributed by atoms with Crippen LogP contribution in [0.15, 0.2) is 36.2 Å². The summed E-state index contributed by atoms with van der Waals surface area (Å²) in [6.07, 6.45) is -2.95. The summed E-state index contributed by atoms with van der Waals surface area (Å²) in [7, 11) is 0. The number of nitrogens with zero attached hydrogens (tertiary/aromatic N) is 2. The van der Waals surface area contributed by atoms with Crippen LogP contribution in [0.4, 0.5) is 18.9 Å². The van der Waals surface area contributed by atoms with Crippen molar-refractivity contribution in [3.63, 3.8) is 0 Å². The molecule has 1 aromatic carbocycles. The van der Waals surface area contributed by atoms with Crippen LogP contribution in [-0.4, -0.2) is 50.2 Å². The van der Waals surface area contributed by atoms with Gasteiger partial charge in [-0.15, -0.1) is 0 Å². The molecule has 1 aliphatic heterocycles. The zero-order chi connectivity index (χ0) is 17.5. The molecule has 1 saturated heterocycles. The van der Waals surface area contributed by atoms with Crippen molar-refractivity contribution in [1.29, 1.82) is 0 Å². The van der Waals surface area contributed by atoms with Gasteiger partial charge in [-0.1, -0.05) is 12.1 Å². The predicted octanol–water partition coefficient (Wildman–Crippen LogP) is 3.13. The molecule has 4 nitrogen and oxygen atoms in total. The van der Waals surface area contributed by atoms with Gasteiger partial charge in [-0.2, -0.15) is 8.78 Å². The van der Waals surface area contributed by atoms with Crippen molar-refractivity contribution in [1.82, 2.24) is 4.90 Å². The Hall–Kier alpha value is -2.02. The van der Waals surface area contributed by atoms with Crippen molar-refractivity contribution in [2.24, 2.45) is 0 Å². The highest BCUT2D eigenvalue weighted by molar-refractivity contribution is 5.71. The number of piperazine rings is 1. The highest BCUT2D eigenvalue weighted by Crippen LogP contribution is 2.18. The predicted molar refractivity (Wildman–Crippen MR) is 85.8 cm³/mol. The van der Waals surface area contributed by atoms with Gasteiger partial charge in [-0.05, 0) is 24.6 Å². The smallest absolute Gasteiger partial charge is 0.320 e.